The van der Waals surface area contributed by atoms with Crippen LogP contribution in [0.1, 0.15) is 26.4 Å². The van der Waals surface area contributed by atoms with Crippen molar-refractivity contribution in [3.8, 4) is 0 Å². The van der Waals surface area contributed by atoms with Crippen molar-refractivity contribution in [1.29, 1.82) is 0 Å². The average Bonchev–Trinajstić information content (AvgIpc) is 3.44. The molecule has 0 spiro atoms. The SMILES string of the molecule is O=C1C(=C2NC(c3ccccn3)=C3C(=O)N(c4ccccc4)C(=O)C23)C(=O)c2ccccc21. The zero-order chi connectivity index (χ0) is 22.7. The van der Waals surface area contributed by atoms with Crippen LogP contribution >= 0.6 is 0 Å². The molecule has 1 fully saturated rings. The normalized spacial score (nSPS) is 19.4. The van der Waals surface area contributed by atoms with E-state index in [-0.39, 0.29) is 28.0 Å². The van der Waals surface area contributed by atoms with Crippen molar-refractivity contribution in [2.24, 2.45) is 5.92 Å². The first-order valence-corrected chi connectivity index (χ1v) is 10.4. The predicted molar refractivity (Wildman–Crippen MR) is 119 cm³/mol. The highest BCUT2D eigenvalue weighted by Crippen LogP contribution is 2.45. The van der Waals surface area contributed by atoms with Gasteiger partial charge < -0.3 is 5.32 Å². The van der Waals surface area contributed by atoms with Gasteiger partial charge in [-0.15, -0.1) is 0 Å². The molecule has 33 heavy (non-hydrogen) atoms. The largest absolute Gasteiger partial charge is 0.355 e. The monoisotopic (exact) mass is 433 g/mol. The number of allylic oxidation sites excluding steroid dienone is 1. The van der Waals surface area contributed by atoms with Gasteiger partial charge in [0.1, 0.15) is 5.92 Å². The van der Waals surface area contributed by atoms with Crippen LogP contribution in [0.25, 0.3) is 5.70 Å². The molecular formula is C26H15N3O4. The maximum Gasteiger partial charge on any atom is 0.264 e. The number of rotatable bonds is 2. The van der Waals surface area contributed by atoms with Gasteiger partial charge in [0.2, 0.25) is 5.91 Å². The number of Topliss-reactive ketones (excluding diaryl/α,β-unsaturated/α-hetero) is 2. The van der Waals surface area contributed by atoms with E-state index in [2.05, 4.69) is 10.3 Å². The number of nitrogens with one attached hydrogen (secondary N) is 1. The summed E-state index contributed by atoms with van der Waals surface area (Å²) in [5.74, 6) is -3.03. The molecule has 6 rings (SSSR count). The molecular weight excluding hydrogens is 418 g/mol. The summed E-state index contributed by atoms with van der Waals surface area (Å²) in [7, 11) is 0. The summed E-state index contributed by atoms with van der Waals surface area (Å²) in [6.07, 6.45) is 1.57. The van der Waals surface area contributed by atoms with E-state index in [4.69, 9.17) is 0 Å². The molecule has 0 radical (unpaired) electrons. The van der Waals surface area contributed by atoms with Crippen LogP contribution in [0, 0.1) is 5.92 Å². The Morgan fingerprint density at radius 3 is 2.03 bits per heavy atom. The Kier molecular flexibility index (Phi) is 4.00. The Morgan fingerprint density at radius 2 is 1.39 bits per heavy atom. The van der Waals surface area contributed by atoms with Gasteiger partial charge in [-0.05, 0) is 24.3 Å². The van der Waals surface area contributed by atoms with E-state index in [9.17, 15) is 19.2 Å². The summed E-state index contributed by atoms with van der Waals surface area (Å²) >= 11 is 0. The lowest BCUT2D eigenvalue weighted by Crippen LogP contribution is -2.33. The Bertz CT molecular complexity index is 1420. The summed E-state index contributed by atoms with van der Waals surface area (Å²) in [6, 6.07) is 20.3. The molecule has 158 valence electrons. The second-order valence-electron chi connectivity index (χ2n) is 7.87. The van der Waals surface area contributed by atoms with E-state index in [1.54, 1.807) is 79.0 Å². The number of aromatic nitrogens is 1. The Hall–Kier alpha value is -4.65. The van der Waals surface area contributed by atoms with Crippen LogP contribution in [0.15, 0.2) is 95.8 Å². The second kappa shape index (κ2) is 6.93. The van der Waals surface area contributed by atoms with E-state index in [0.717, 1.165) is 4.90 Å². The zero-order valence-electron chi connectivity index (χ0n) is 17.1. The first kappa shape index (κ1) is 19.1. The van der Waals surface area contributed by atoms with Crippen molar-refractivity contribution in [1.82, 2.24) is 10.3 Å². The number of anilines is 1. The summed E-state index contributed by atoms with van der Waals surface area (Å²) in [5.41, 5.74) is 1.98. The van der Waals surface area contributed by atoms with Crippen LogP contribution in [0.3, 0.4) is 0 Å². The summed E-state index contributed by atoms with van der Waals surface area (Å²) in [6.45, 7) is 0. The third-order valence-electron chi connectivity index (χ3n) is 6.08. The first-order valence-electron chi connectivity index (χ1n) is 10.4. The molecule has 1 aromatic heterocycles. The molecule has 3 heterocycles. The number of benzene rings is 2. The van der Waals surface area contributed by atoms with Crippen LogP contribution in [0.4, 0.5) is 5.69 Å². The van der Waals surface area contributed by atoms with Gasteiger partial charge in [-0.2, -0.15) is 0 Å². The fourth-order valence-electron chi connectivity index (χ4n) is 4.63. The molecule has 1 N–H and O–H groups in total. The highest BCUT2D eigenvalue weighted by atomic mass is 16.2. The molecule has 1 aliphatic carbocycles. The standard InChI is InChI=1S/C26H15N3O4/c30-23-15-10-4-5-11-16(15)24(31)20(23)22-19-18(21(28-22)17-12-6-7-13-27-17)25(32)29(26(19)33)14-8-2-1-3-9-14/h1-13,19,28H. The lowest BCUT2D eigenvalue weighted by atomic mass is 9.95. The minimum atomic E-state index is -1.09. The maximum atomic E-state index is 13.6. The van der Waals surface area contributed by atoms with Crippen LogP contribution in [0.5, 0.6) is 0 Å². The third kappa shape index (κ3) is 2.59. The molecule has 2 aliphatic heterocycles. The lowest BCUT2D eigenvalue weighted by Gasteiger charge is -2.17. The van der Waals surface area contributed by atoms with Crippen molar-refractivity contribution in [3.05, 3.63) is 113 Å². The third-order valence-corrected chi connectivity index (χ3v) is 6.08. The van der Waals surface area contributed by atoms with Gasteiger partial charge in [0.15, 0.2) is 11.6 Å². The van der Waals surface area contributed by atoms with Crippen molar-refractivity contribution < 1.29 is 19.2 Å². The minimum absolute atomic E-state index is 0.110. The quantitative estimate of drug-likeness (QED) is 0.379. The molecule has 3 aliphatic rings. The van der Waals surface area contributed by atoms with E-state index >= 15 is 0 Å². The van der Waals surface area contributed by atoms with Crippen LogP contribution in [0.2, 0.25) is 0 Å². The van der Waals surface area contributed by atoms with E-state index in [1.165, 1.54) is 0 Å². The zero-order valence-corrected chi connectivity index (χ0v) is 17.1. The fourth-order valence-corrected chi connectivity index (χ4v) is 4.63. The highest BCUT2D eigenvalue weighted by molar-refractivity contribution is 6.41. The Balaban J connectivity index is 1.57. The first-order chi connectivity index (χ1) is 16.1. The topological polar surface area (TPSA) is 96.4 Å². The van der Waals surface area contributed by atoms with Crippen molar-refractivity contribution >= 4 is 34.8 Å². The molecule has 7 heteroatoms. The molecule has 0 bridgehead atoms. The highest BCUT2D eigenvalue weighted by Gasteiger charge is 2.54. The molecule has 3 aromatic rings. The van der Waals surface area contributed by atoms with E-state index < -0.39 is 29.3 Å². The van der Waals surface area contributed by atoms with Gasteiger partial charge >= 0.3 is 0 Å². The van der Waals surface area contributed by atoms with Gasteiger partial charge in [0.05, 0.1) is 28.2 Å². The number of hydrogen-bond acceptors (Lipinski definition) is 6. The number of imide groups is 1. The summed E-state index contributed by atoms with van der Waals surface area (Å²) in [5, 5.41) is 3.07. The Morgan fingerprint density at radius 1 is 0.758 bits per heavy atom. The van der Waals surface area contributed by atoms with Crippen molar-refractivity contribution in [3.63, 3.8) is 0 Å². The summed E-state index contributed by atoms with van der Waals surface area (Å²) in [4.78, 5) is 58.9. The molecule has 1 saturated heterocycles. The molecule has 1 unspecified atom stereocenters. The van der Waals surface area contributed by atoms with Crippen LogP contribution in [-0.2, 0) is 9.59 Å². The second-order valence-corrected chi connectivity index (χ2v) is 7.87. The van der Waals surface area contributed by atoms with Gasteiger partial charge in [-0.3, -0.25) is 24.2 Å². The van der Waals surface area contributed by atoms with Crippen LogP contribution in [-0.4, -0.2) is 28.4 Å². The van der Waals surface area contributed by atoms with Crippen molar-refractivity contribution in [2.75, 3.05) is 4.90 Å². The van der Waals surface area contributed by atoms with Gasteiger partial charge in [0.25, 0.3) is 5.91 Å². The summed E-state index contributed by atoms with van der Waals surface area (Å²) < 4.78 is 0. The number of hydrogen-bond donors (Lipinski definition) is 1. The predicted octanol–water partition coefficient (Wildman–Crippen LogP) is 2.92. The number of amides is 2. The fraction of sp³-hybridized carbons (Fsp3) is 0.0385. The molecule has 1 atom stereocenters. The number of carbonyl (C=O) groups is 4. The molecule has 2 aromatic carbocycles. The van der Waals surface area contributed by atoms with Crippen LogP contribution < -0.4 is 10.2 Å². The van der Waals surface area contributed by atoms with Gasteiger partial charge in [-0.1, -0.05) is 48.5 Å². The number of carbonyl (C=O) groups excluding carboxylic acids is 4. The van der Waals surface area contributed by atoms with E-state index in [1.807, 2.05) is 0 Å². The number of ketones is 2. The smallest absolute Gasteiger partial charge is 0.264 e. The average molecular weight is 433 g/mol. The number of para-hydroxylation sites is 1. The molecule has 7 nitrogen and oxygen atoms in total. The van der Waals surface area contributed by atoms with E-state index in [0.29, 0.717) is 17.1 Å². The number of pyridine rings is 1. The Labute approximate surface area is 188 Å². The number of fused-ring (bicyclic) bond motifs is 2. The molecule has 2 amide bonds. The number of nitrogens with zero attached hydrogens (tertiary/aromatic N) is 2. The lowest BCUT2D eigenvalue weighted by molar-refractivity contribution is -0.121. The van der Waals surface area contributed by atoms with Crippen molar-refractivity contribution in [2.45, 2.75) is 0 Å². The maximum absolute atomic E-state index is 13.6. The minimum Gasteiger partial charge on any atom is -0.355 e. The molecule has 0 saturated carbocycles. The van der Waals surface area contributed by atoms with Gasteiger partial charge in [-0.25, -0.2) is 4.90 Å². The van der Waals surface area contributed by atoms with Gasteiger partial charge in [0, 0.05) is 23.0 Å².